The van der Waals surface area contributed by atoms with Crippen molar-refractivity contribution in [2.75, 3.05) is 13.6 Å². The molecule has 0 heterocycles. The molecule has 0 spiro atoms. The molecule has 196 valence electrons. The number of carbonyl (C=O) groups is 2. The predicted octanol–water partition coefficient (Wildman–Crippen LogP) is 4.09. The van der Waals surface area contributed by atoms with Crippen LogP contribution in [0.2, 0.25) is 0 Å². The third-order valence-corrected chi connectivity index (χ3v) is 8.54. The van der Waals surface area contributed by atoms with Crippen LogP contribution in [0.3, 0.4) is 0 Å². The number of hydrogen-bond donors (Lipinski definition) is 1. The first kappa shape index (κ1) is 27.8. The van der Waals surface area contributed by atoms with Crippen LogP contribution in [0.15, 0.2) is 59.5 Å². The molecule has 3 rings (SSSR count). The lowest BCUT2D eigenvalue weighted by molar-refractivity contribution is -0.141. The number of halogens is 1. The van der Waals surface area contributed by atoms with Crippen LogP contribution in [0.1, 0.15) is 57.4 Å². The molecule has 0 radical (unpaired) electrons. The molecule has 1 N–H and O–H groups in total. The number of nitrogens with zero attached hydrogens (tertiary/aromatic N) is 2. The third-order valence-electron chi connectivity index (χ3n) is 6.67. The first-order chi connectivity index (χ1) is 17.2. The Bertz CT molecular complexity index is 1100. The van der Waals surface area contributed by atoms with Gasteiger partial charge in [0.25, 0.3) is 0 Å². The average molecular weight is 518 g/mol. The molecule has 7 nitrogen and oxygen atoms in total. The second kappa shape index (κ2) is 13.0. The molecule has 1 aliphatic rings. The molecule has 0 unspecified atom stereocenters. The second-order valence-electron chi connectivity index (χ2n) is 9.31. The van der Waals surface area contributed by atoms with Gasteiger partial charge in [-0.3, -0.25) is 9.59 Å². The van der Waals surface area contributed by atoms with Crippen molar-refractivity contribution in [1.29, 1.82) is 0 Å². The molecule has 2 aromatic rings. The van der Waals surface area contributed by atoms with Crippen LogP contribution >= 0.6 is 0 Å². The van der Waals surface area contributed by atoms with Gasteiger partial charge in [-0.2, -0.15) is 0 Å². The normalized spacial score (nSPS) is 15.1. The number of benzene rings is 2. The number of rotatable bonds is 12. The van der Waals surface area contributed by atoms with Gasteiger partial charge in [0.15, 0.2) is 0 Å². The summed E-state index contributed by atoms with van der Waals surface area (Å²) < 4.78 is 40.2. The van der Waals surface area contributed by atoms with E-state index in [2.05, 4.69) is 5.32 Å². The molecule has 1 aliphatic carbocycles. The summed E-state index contributed by atoms with van der Waals surface area (Å²) in [7, 11) is -2.16. The first-order valence-corrected chi connectivity index (χ1v) is 14.0. The first-order valence-electron chi connectivity index (χ1n) is 12.6. The quantitative estimate of drug-likeness (QED) is 0.459. The van der Waals surface area contributed by atoms with Crippen LogP contribution in [0.5, 0.6) is 0 Å². The van der Waals surface area contributed by atoms with E-state index in [9.17, 15) is 22.4 Å². The van der Waals surface area contributed by atoms with Crippen LogP contribution in [0, 0.1) is 5.82 Å². The summed E-state index contributed by atoms with van der Waals surface area (Å²) in [6.45, 7) is 2.20. The monoisotopic (exact) mass is 517 g/mol. The fourth-order valence-corrected chi connectivity index (χ4v) is 5.79. The minimum absolute atomic E-state index is 0.0864. The molecule has 0 aromatic heterocycles. The van der Waals surface area contributed by atoms with Gasteiger partial charge >= 0.3 is 0 Å². The summed E-state index contributed by atoms with van der Waals surface area (Å²) in [5.74, 6) is -0.785. The van der Waals surface area contributed by atoms with E-state index in [0.717, 1.165) is 31.2 Å². The van der Waals surface area contributed by atoms with Crippen molar-refractivity contribution in [3.8, 4) is 0 Å². The molecule has 1 fully saturated rings. The van der Waals surface area contributed by atoms with Crippen LogP contribution in [-0.4, -0.2) is 55.1 Å². The lowest BCUT2D eigenvalue weighted by Crippen LogP contribution is -2.51. The van der Waals surface area contributed by atoms with Crippen LogP contribution in [0.25, 0.3) is 0 Å². The molecule has 9 heteroatoms. The molecule has 36 heavy (non-hydrogen) atoms. The number of sulfonamides is 1. The highest BCUT2D eigenvalue weighted by molar-refractivity contribution is 7.89. The van der Waals surface area contributed by atoms with E-state index < -0.39 is 16.1 Å². The van der Waals surface area contributed by atoms with Gasteiger partial charge in [-0.15, -0.1) is 0 Å². The average Bonchev–Trinajstić information content (AvgIpc) is 3.38. The van der Waals surface area contributed by atoms with Gasteiger partial charge in [-0.1, -0.05) is 50.1 Å². The standard InChI is InChI=1S/C27H36FN3O4S/c1-3-25(27(33)29-23-10-7-8-11-23)31(20-21-15-17-22(28)18-16-21)26(32)14-9-19-30(2)36(34,35)24-12-5-4-6-13-24/h4-6,12-13,15-18,23,25H,3,7-11,14,19-20H2,1-2H3,(H,29,33)/t25-/m0/s1. The molecule has 1 atom stereocenters. The molecule has 2 amide bonds. The smallest absolute Gasteiger partial charge is 0.243 e. The van der Waals surface area contributed by atoms with E-state index in [-0.39, 0.29) is 48.1 Å². The van der Waals surface area contributed by atoms with Gasteiger partial charge < -0.3 is 10.2 Å². The van der Waals surface area contributed by atoms with Crippen molar-refractivity contribution in [2.45, 2.75) is 75.4 Å². The zero-order valence-corrected chi connectivity index (χ0v) is 21.8. The Labute approximate surface area is 213 Å². The van der Waals surface area contributed by atoms with Gasteiger partial charge in [0.05, 0.1) is 4.90 Å². The second-order valence-corrected chi connectivity index (χ2v) is 11.4. The van der Waals surface area contributed by atoms with E-state index in [1.54, 1.807) is 35.2 Å². The summed E-state index contributed by atoms with van der Waals surface area (Å²) in [4.78, 5) is 28.2. The Hall–Kier alpha value is -2.78. The molecule has 0 saturated heterocycles. The van der Waals surface area contributed by atoms with Crippen molar-refractivity contribution in [1.82, 2.24) is 14.5 Å². The summed E-state index contributed by atoms with van der Waals surface area (Å²) in [6, 6.07) is 13.5. The SMILES string of the molecule is CC[C@@H](C(=O)NC1CCCC1)N(Cc1ccc(F)cc1)C(=O)CCCN(C)S(=O)(=O)c1ccccc1. The minimum atomic E-state index is -3.65. The molecule has 0 aliphatic heterocycles. The van der Waals surface area contributed by atoms with E-state index >= 15 is 0 Å². The highest BCUT2D eigenvalue weighted by Gasteiger charge is 2.30. The third kappa shape index (κ3) is 7.36. The van der Waals surface area contributed by atoms with Gasteiger partial charge in [0, 0.05) is 32.6 Å². The van der Waals surface area contributed by atoms with Gasteiger partial charge in [-0.25, -0.2) is 17.1 Å². The summed E-state index contributed by atoms with van der Waals surface area (Å²) in [5.41, 5.74) is 0.723. The van der Waals surface area contributed by atoms with Gasteiger partial charge in [0.2, 0.25) is 21.8 Å². The fourth-order valence-electron chi connectivity index (χ4n) is 4.56. The van der Waals surface area contributed by atoms with Crippen molar-refractivity contribution >= 4 is 21.8 Å². The van der Waals surface area contributed by atoms with Crippen LogP contribution < -0.4 is 5.32 Å². The van der Waals surface area contributed by atoms with Crippen molar-refractivity contribution in [3.63, 3.8) is 0 Å². The topological polar surface area (TPSA) is 86.8 Å². The van der Waals surface area contributed by atoms with Gasteiger partial charge in [-0.05, 0) is 55.5 Å². The largest absolute Gasteiger partial charge is 0.352 e. The van der Waals surface area contributed by atoms with Crippen molar-refractivity contribution < 1.29 is 22.4 Å². The highest BCUT2D eigenvalue weighted by Crippen LogP contribution is 2.20. The number of amides is 2. The Morgan fingerprint density at radius 2 is 1.69 bits per heavy atom. The van der Waals surface area contributed by atoms with E-state index in [1.165, 1.54) is 35.6 Å². The summed E-state index contributed by atoms with van der Waals surface area (Å²) in [6.07, 6.45) is 4.88. The molecular weight excluding hydrogens is 481 g/mol. The molecule has 1 saturated carbocycles. The van der Waals surface area contributed by atoms with E-state index in [0.29, 0.717) is 12.8 Å². The Kier molecular flexibility index (Phi) is 10.0. The number of hydrogen-bond acceptors (Lipinski definition) is 4. The maximum absolute atomic E-state index is 13.4. The summed E-state index contributed by atoms with van der Waals surface area (Å²) in [5, 5.41) is 3.09. The predicted molar refractivity (Wildman–Crippen MR) is 137 cm³/mol. The van der Waals surface area contributed by atoms with Crippen LogP contribution in [-0.2, 0) is 26.2 Å². The Balaban J connectivity index is 1.68. The fraction of sp³-hybridized carbons (Fsp3) is 0.481. The van der Waals surface area contributed by atoms with Crippen molar-refractivity contribution in [3.05, 3.63) is 66.0 Å². The zero-order chi connectivity index (χ0) is 26.1. The Morgan fingerprint density at radius 3 is 2.31 bits per heavy atom. The maximum Gasteiger partial charge on any atom is 0.243 e. The summed E-state index contributed by atoms with van der Waals surface area (Å²) >= 11 is 0. The van der Waals surface area contributed by atoms with E-state index in [1.807, 2.05) is 6.92 Å². The number of carbonyl (C=O) groups excluding carboxylic acids is 2. The minimum Gasteiger partial charge on any atom is -0.352 e. The van der Waals surface area contributed by atoms with Crippen LogP contribution in [0.4, 0.5) is 4.39 Å². The highest BCUT2D eigenvalue weighted by atomic mass is 32.2. The molecule has 2 aromatic carbocycles. The van der Waals surface area contributed by atoms with Crippen molar-refractivity contribution in [2.24, 2.45) is 0 Å². The molecule has 0 bridgehead atoms. The maximum atomic E-state index is 13.4. The Morgan fingerprint density at radius 1 is 1.06 bits per heavy atom. The molecular formula is C27H36FN3O4S. The zero-order valence-electron chi connectivity index (χ0n) is 21.0. The number of nitrogens with one attached hydrogen (secondary N) is 1. The lowest BCUT2D eigenvalue weighted by atomic mass is 10.1. The van der Waals surface area contributed by atoms with Gasteiger partial charge in [0.1, 0.15) is 11.9 Å². The lowest BCUT2D eigenvalue weighted by Gasteiger charge is -2.31. The van der Waals surface area contributed by atoms with E-state index in [4.69, 9.17) is 0 Å².